The van der Waals surface area contributed by atoms with Gasteiger partial charge in [0.2, 0.25) is 35.4 Å². The first kappa shape index (κ1) is 51.5. The lowest BCUT2D eigenvalue weighted by molar-refractivity contribution is -0.124. The molecule has 0 fully saturated rings. The van der Waals surface area contributed by atoms with E-state index >= 15 is 0 Å². The summed E-state index contributed by atoms with van der Waals surface area (Å²) in [5, 5.41) is 15.6. The second-order valence-corrected chi connectivity index (χ2v) is 10.4. The molecule has 0 saturated carbocycles. The Morgan fingerprint density at radius 1 is 0.429 bits per heavy atom. The van der Waals surface area contributed by atoms with Crippen LogP contribution in [0.3, 0.4) is 0 Å². The average Bonchev–Trinajstić information content (AvgIpc) is 3.07. The molecule has 282 valence electrons. The third kappa shape index (κ3) is 38.0. The third-order valence-electron chi connectivity index (χ3n) is 5.53. The van der Waals surface area contributed by atoms with Gasteiger partial charge in [0.15, 0.2) is 11.6 Å². The van der Waals surface area contributed by atoms with Crippen LogP contribution in [0.1, 0.15) is 101 Å². The second-order valence-electron chi connectivity index (χ2n) is 10.4. The third-order valence-corrected chi connectivity index (χ3v) is 5.53. The summed E-state index contributed by atoms with van der Waals surface area (Å²) in [6, 6.07) is 0. The predicted octanol–water partition coefficient (Wildman–Crippen LogP) is 2.28. The van der Waals surface area contributed by atoms with Crippen LogP contribution in [-0.4, -0.2) is 86.3 Å². The van der Waals surface area contributed by atoms with E-state index in [2.05, 4.69) is 31.9 Å². The lowest BCUT2D eigenvalue weighted by Gasteiger charge is -2.06. The summed E-state index contributed by atoms with van der Waals surface area (Å²) in [4.78, 5) is 90.8. The molecule has 0 aliphatic carbocycles. The minimum atomic E-state index is -0.413. The van der Waals surface area contributed by atoms with E-state index in [0.29, 0.717) is 13.1 Å². The van der Waals surface area contributed by atoms with Gasteiger partial charge in [-0.1, -0.05) is 62.3 Å². The molecule has 0 aliphatic rings. The smallest absolute Gasteiger partial charge is 0.244 e. The monoisotopic (exact) mass is 696 g/mol. The molecule has 0 aliphatic heterocycles. The summed E-state index contributed by atoms with van der Waals surface area (Å²) in [6.45, 7) is 20.8. The van der Waals surface area contributed by atoms with Crippen molar-refractivity contribution in [3.8, 4) is 0 Å². The highest BCUT2D eigenvalue weighted by atomic mass is 16.2. The molecular weight excluding hydrogens is 632 g/mol. The number of carbonyl (C=O) groups excluding carboxylic acids is 8. The number of rotatable bonds is 21. The van der Waals surface area contributed by atoms with E-state index in [1.54, 1.807) is 27.7 Å². The van der Waals surface area contributed by atoms with E-state index in [0.717, 1.165) is 18.6 Å². The molecule has 0 spiro atoms. The Hall–Kier alpha value is -4.36. The zero-order valence-corrected chi connectivity index (χ0v) is 31.5. The van der Waals surface area contributed by atoms with Gasteiger partial charge in [0, 0.05) is 88.9 Å². The molecule has 6 N–H and O–H groups in total. The van der Waals surface area contributed by atoms with Crippen molar-refractivity contribution in [2.75, 3.05) is 39.3 Å². The molecule has 0 aromatic rings. The van der Waals surface area contributed by atoms with Crippen LogP contribution in [-0.2, 0) is 38.4 Å². The normalized spacial score (nSPS) is 9.96. The van der Waals surface area contributed by atoms with Crippen molar-refractivity contribution in [1.82, 2.24) is 31.9 Å². The second kappa shape index (κ2) is 36.5. The first-order valence-electron chi connectivity index (χ1n) is 17.3. The van der Waals surface area contributed by atoms with Gasteiger partial charge in [-0.3, -0.25) is 38.4 Å². The number of nitrogens with one attached hydrogen (secondary N) is 6. The maximum Gasteiger partial charge on any atom is 0.244 e. The molecule has 0 heterocycles. The molecule has 0 aromatic carbocycles. The molecule has 49 heavy (non-hydrogen) atoms. The summed E-state index contributed by atoms with van der Waals surface area (Å²) in [5.41, 5.74) is 0. The SMILES string of the molecule is CC.CC.CCCNC(=O)CCNC(=O)CCNC(=O)/C=C/C(=O)C(C)C.CCNC(=O)CCNC(=O)CCNC(=O)/C=C\C(=O)C(C)C. The fourth-order valence-electron chi connectivity index (χ4n) is 2.86. The lowest BCUT2D eigenvalue weighted by atomic mass is 10.1. The molecule has 0 bridgehead atoms. The topological polar surface area (TPSA) is 209 Å². The van der Waals surface area contributed by atoms with Crippen LogP contribution in [0.15, 0.2) is 24.3 Å². The van der Waals surface area contributed by atoms with Gasteiger partial charge in [0.05, 0.1) is 0 Å². The zero-order valence-electron chi connectivity index (χ0n) is 31.5. The van der Waals surface area contributed by atoms with E-state index in [1.807, 2.05) is 41.5 Å². The summed E-state index contributed by atoms with van der Waals surface area (Å²) >= 11 is 0. The number of hydrogen-bond acceptors (Lipinski definition) is 8. The lowest BCUT2D eigenvalue weighted by Crippen LogP contribution is -2.33. The van der Waals surface area contributed by atoms with Crippen molar-refractivity contribution < 1.29 is 38.4 Å². The largest absolute Gasteiger partial charge is 0.356 e. The molecule has 0 atom stereocenters. The van der Waals surface area contributed by atoms with Crippen LogP contribution in [0.5, 0.6) is 0 Å². The Kier molecular flexibility index (Phi) is 38.3. The summed E-state index contributed by atoms with van der Waals surface area (Å²) in [7, 11) is 0. The Morgan fingerprint density at radius 3 is 1.00 bits per heavy atom. The van der Waals surface area contributed by atoms with Crippen LogP contribution in [0.25, 0.3) is 0 Å². The Labute approximate surface area is 293 Å². The summed E-state index contributed by atoms with van der Waals surface area (Å²) < 4.78 is 0. The molecular formula is C35H64N6O8. The highest BCUT2D eigenvalue weighted by Crippen LogP contribution is 1.95. The standard InChI is InChI=1S/C16H27N3O4.C15H25N3O4.2C2H6/c1-4-9-17-15(22)7-11-19-16(23)8-10-18-14(21)6-5-13(20)12(2)3;1-4-16-14(21)7-9-18-15(22)8-10-17-13(20)6-5-12(19)11(2)3;2*1-2/h5-6,12H,4,7-11H2,1-3H3,(H,17,22)(H,18,21)(H,19,23);5-6,11H,4,7-10H2,1-3H3,(H,16,21)(H,17,20)(H,18,22);2*1-2H3/b6-5+;6-5-;;. The van der Waals surface area contributed by atoms with Crippen LogP contribution >= 0.6 is 0 Å². The molecule has 0 radical (unpaired) electrons. The van der Waals surface area contributed by atoms with Gasteiger partial charge < -0.3 is 31.9 Å². The number of allylic oxidation sites excluding steroid dienone is 2. The zero-order chi connectivity index (χ0) is 38.6. The van der Waals surface area contributed by atoms with Crippen molar-refractivity contribution in [2.45, 2.75) is 101 Å². The first-order chi connectivity index (χ1) is 23.2. The van der Waals surface area contributed by atoms with Crippen LogP contribution < -0.4 is 31.9 Å². The van der Waals surface area contributed by atoms with Crippen molar-refractivity contribution in [3.63, 3.8) is 0 Å². The maximum absolute atomic E-state index is 11.5. The maximum atomic E-state index is 11.5. The predicted molar refractivity (Wildman–Crippen MR) is 193 cm³/mol. The highest BCUT2D eigenvalue weighted by Gasteiger charge is 2.07. The van der Waals surface area contributed by atoms with E-state index in [-0.39, 0.29) is 98.9 Å². The fraction of sp³-hybridized carbons (Fsp3) is 0.657. The first-order valence-corrected chi connectivity index (χ1v) is 17.3. The van der Waals surface area contributed by atoms with E-state index in [4.69, 9.17) is 0 Å². The van der Waals surface area contributed by atoms with E-state index < -0.39 is 11.8 Å². The summed E-state index contributed by atoms with van der Waals surface area (Å²) in [5.74, 6) is -2.08. The van der Waals surface area contributed by atoms with Gasteiger partial charge in [0.1, 0.15) is 0 Å². The Balaban J connectivity index is -0.000000375. The minimum Gasteiger partial charge on any atom is -0.356 e. The van der Waals surface area contributed by atoms with Crippen LogP contribution in [0, 0.1) is 11.8 Å². The van der Waals surface area contributed by atoms with Crippen LogP contribution in [0.2, 0.25) is 0 Å². The van der Waals surface area contributed by atoms with Gasteiger partial charge in [-0.15, -0.1) is 0 Å². The molecule has 14 heteroatoms. The van der Waals surface area contributed by atoms with Crippen molar-refractivity contribution in [1.29, 1.82) is 0 Å². The van der Waals surface area contributed by atoms with Crippen LogP contribution in [0.4, 0.5) is 0 Å². The van der Waals surface area contributed by atoms with Crippen molar-refractivity contribution >= 4 is 47.0 Å². The Morgan fingerprint density at radius 2 is 0.714 bits per heavy atom. The molecule has 0 rings (SSSR count). The van der Waals surface area contributed by atoms with Gasteiger partial charge in [0.25, 0.3) is 0 Å². The molecule has 6 amide bonds. The van der Waals surface area contributed by atoms with Gasteiger partial charge in [-0.25, -0.2) is 0 Å². The van der Waals surface area contributed by atoms with Gasteiger partial charge >= 0.3 is 0 Å². The van der Waals surface area contributed by atoms with E-state index in [9.17, 15) is 38.4 Å². The quantitative estimate of drug-likeness (QED) is 0.0979. The molecule has 0 saturated heterocycles. The van der Waals surface area contributed by atoms with Crippen molar-refractivity contribution in [2.24, 2.45) is 11.8 Å². The molecule has 14 nitrogen and oxygen atoms in total. The number of amides is 6. The molecule has 0 unspecified atom stereocenters. The number of carbonyl (C=O) groups is 8. The van der Waals surface area contributed by atoms with Gasteiger partial charge in [-0.05, 0) is 25.5 Å². The number of ketones is 2. The summed E-state index contributed by atoms with van der Waals surface area (Å²) in [6.07, 6.45) is 6.36. The molecule has 0 aromatic heterocycles. The van der Waals surface area contributed by atoms with Gasteiger partial charge in [-0.2, -0.15) is 0 Å². The Bertz CT molecular complexity index is 1040. The number of hydrogen-bond donors (Lipinski definition) is 6. The minimum absolute atomic E-state index is 0.0968. The fourth-order valence-corrected chi connectivity index (χ4v) is 2.86. The highest BCUT2D eigenvalue weighted by molar-refractivity contribution is 5.99. The van der Waals surface area contributed by atoms with E-state index in [1.165, 1.54) is 12.2 Å². The average molecular weight is 697 g/mol. The van der Waals surface area contributed by atoms with Crippen molar-refractivity contribution in [3.05, 3.63) is 24.3 Å².